The highest BCUT2D eigenvalue weighted by molar-refractivity contribution is 6.31. The highest BCUT2D eigenvalue weighted by Crippen LogP contribution is 2.27. The molecule has 0 aromatic heterocycles. The van der Waals surface area contributed by atoms with Crippen molar-refractivity contribution < 1.29 is 9.90 Å². The van der Waals surface area contributed by atoms with E-state index in [1.165, 1.54) is 11.6 Å². The molecule has 0 aliphatic rings. The summed E-state index contributed by atoms with van der Waals surface area (Å²) in [5.41, 5.74) is 3.08. The second kappa shape index (κ2) is 5.89. The van der Waals surface area contributed by atoms with Crippen molar-refractivity contribution in [2.75, 3.05) is 0 Å². The summed E-state index contributed by atoms with van der Waals surface area (Å²) in [6, 6.07) is 12.9. The van der Waals surface area contributed by atoms with E-state index in [1.807, 2.05) is 24.3 Å². The number of carboxylic acids is 1. The average molecular weight is 275 g/mol. The van der Waals surface area contributed by atoms with Gasteiger partial charge in [0.2, 0.25) is 0 Å². The summed E-state index contributed by atoms with van der Waals surface area (Å²) < 4.78 is 0. The van der Waals surface area contributed by atoms with Gasteiger partial charge in [0.15, 0.2) is 0 Å². The first-order valence-electron chi connectivity index (χ1n) is 6.24. The molecule has 2 rings (SSSR count). The minimum Gasteiger partial charge on any atom is -0.478 e. The number of halogens is 1. The smallest absolute Gasteiger partial charge is 0.336 e. The van der Waals surface area contributed by atoms with Crippen molar-refractivity contribution in [3.63, 3.8) is 0 Å². The molecule has 0 fully saturated rings. The van der Waals surface area contributed by atoms with Crippen molar-refractivity contribution in [1.29, 1.82) is 0 Å². The maximum Gasteiger partial charge on any atom is 0.336 e. The van der Waals surface area contributed by atoms with Gasteiger partial charge in [-0.1, -0.05) is 55.3 Å². The first kappa shape index (κ1) is 13.6. The van der Waals surface area contributed by atoms with Gasteiger partial charge in [0.05, 0.1) is 5.56 Å². The van der Waals surface area contributed by atoms with Gasteiger partial charge in [-0.15, -0.1) is 0 Å². The Balaban J connectivity index is 2.43. The van der Waals surface area contributed by atoms with Crippen molar-refractivity contribution >= 4 is 17.6 Å². The first-order valence-corrected chi connectivity index (χ1v) is 6.61. The predicted molar refractivity (Wildman–Crippen MR) is 77.8 cm³/mol. The second-order valence-electron chi connectivity index (χ2n) is 4.44. The molecule has 0 aliphatic heterocycles. The molecule has 0 atom stereocenters. The van der Waals surface area contributed by atoms with E-state index in [0.29, 0.717) is 10.6 Å². The minimum absolute atomic E-state index is 0.232. The Morgan fingerprint density at radius 1 is 1.16 bits per heavy atom. The summed E-state index contributed by atoms with van der Waals surface area (Å²) in [7, 11) is 0. The molecule has 2 aromatic rings. The van der Waals surface area contributed by atoms with Crippen LogP contribution >= 0.6 is 11.6 Å². The molecule has 1 N–H and O–H groups in total. The number of aromatic carboxylic acids is 1. The maximum absolute atomic E-state index is 11.3. The largest absolute Gasteiger partial charge is 0.478 e. The molecule has 2 nitrogen and oxygen atoms in total. The number of benzene rings is 2. The number of rotatable bonds is 4. The summed E-state index contributed by atoms with van der Waals surface area (Å²) in [6.45, 7) is 2.13. The van der Waals surface area contributed by atoms with Crippen LogP contribution in [0.5, 0.6) is 0 Å². The number of carboxylic acid groups (broad SMARTS) is 1. The van der Waals surface area contributed by atoms with Gasteiger partial charge < -0.3 is 5.11 Å². The lowest BCUT2D eigenvalue weighted by Crippen LogP contribution is -1.99. The minimum atomic E-state index is -0.963. The van der Waals surface area contributed by atoms with Gasteiger partial charge in [-0.25, -0.2) is 4.79 Å². The van der Waals surface area contributed by atoms with Crippen LogP contribution in [-0.2, 0) is 6.42 Å². The fourth-order valence-corrected chi connectivity index (χ4v) is 2.26. The van der Waals surface area contributed by atoms with E-state index >= 15 is 0 Å². The zero-order chi connectivity index (χ0) is 13.8. The van der Waals surface area contributed by atoms with Crippen LogP contribution in [0.1, 0.15) is 29.3 Å². The fraction of sp³-hybridized carbons (Fsp3) is 0.188. The fourth-order valence-electron chi connectivity index (χ4n) is 2.08. The van der Waals surface area contributed by atoms with Gasteiger partial charge in [0.1, 0.15) is 0 Å². The highest BCUT2D eigenvalue weighted by atomic mass is 35.5. The Morgan fingerprint density at radius 2 is 1.84 bits per heavy atom. The van der Waals surface area contributed by atoms with E-state index < -0.39 is 5.97 Å². The van der Waals surface area contributed by atoms with Gasteiger partial charge in [-0.2, -0.15) is 0 Å². The third kappa shape index (κ3) is 3.15. The third-order valence-electron chi connectivity index (χ3n) is 3.02. The van der Waals surface area contributed by atoms with Gasteiger partial charge in [-0.3, -0.25) is 0 Å². The molecule has 0 aliphatic carbocycles. The molecule has 0 heterocycles. The van der Waals surface area contributed by atoms with Crippen LogP contribution in [0.2, 0.25) is 5.02 Å². The van der Waals surface area contributed by atoms with Crippen LogP contribution in [0, 0.1) is 0 Å². The van der Waals surface area contributed by atoms with Crippen molar-refractivity contribution in [3.8, 4) is 11.1 Å². The van der Waals surface area contributed by atoms with Crippen molar-refractivity contribution in [3.05, 3.63) is 58.6 Å². The van der Waals surface area contributed by atoms with Gasteiger partial charge in [-0.05, 0) is 35.2 Å². The monoisotopic (exact) mass is 274 g/mol. The average Bonchev–Trinajstić information content (AvgIpc) is 2.40. The van der Waals surface area contributed by atoms with Crippen molar-refractivity contribution in [2.45, 2.75) is 19.8 Å². The second-order valence-corrected chi connectivity index (χ2v) is 4.88. The van der Waals surface area contributed by atoms with E-state index in [1.54, 1.807) is 12.1 Å². The molecule has 3 heteroatoms. The molecule has 19 heavy (non-hydrogen) atoms. The number of aryl methyl sites for hydroxylation is 1. The molecular weight excluding hydrogens is 260 g/mol. The van der Waals surface area contributed by atoms with Crippen LogP contribution in [0.4, 0.5) is 0 Å². The molecule has 0 spiro atoms. The number of hydrogen-bond acceptors (Lipinski definition) is 1. The Labute approximate surface area is 117 Å². The van der Waals surface area contributed by atoms with Crippen molar-refractivity contribution in [2.24, 2.45) is 0 Å². The summed E-state index contributed by atoms with van der Waals surface area (Å²) in [5, 5.41) is 9.67. The van der Waals surface area contributed by atoms with Crippen LogP contribution in [0.15, 0.2) is 42.5 Å². The molecule has 0 radical (unpaired) electrons. The van der Waals surface area contributed by atoms with E-state index in [9.17, 15) is 9.90 Å². The van der Waals surface area contributed by atoms with E-state index in [2.05, 4.69) is 6.92 Å². The summed E-state index contributed by atoms with van der Waals surface area (Å²) in [4.78, 5) is 11.3. The zero-order valence-corrected chi connectivity index (χ0v) is 11.4. The summed E-state index contributed by atoms with van der Waals surface area (Å²) >= 11 is 5.85. The van der Waals surface area contributed by atoms with Gasteiger partial charge in [0, 0.05) is 5.02 Å². The standard InChI is InChI=1S/C16H15ClO2/c1-2-3-11-4-6-12(7-5-11)14-9-8-13(17)10-15(14)16(18)19/h4-10H,2-3H2,1H3,(H,18,19). The van der Waals surface area contributed by atoms with Crippen LogP contribution in [0.25, 0.3) is 11.1 Å². The molecule has 2 aromatic carbocycles. The molecule has 0 saturated heterocycles. The number of carbonyl (C=O) groups is 1. The SMILES string of the molecule is CCCc1ccc(-c2ccc(Cl)cc2C(=O)O)cc1. The topological polar surface area (TPSA) is 37.3 Å². The lowest BCUT2D eigenvalue weighted by Gasteiger charge is -2.08. The maximum atomic E-state index is 11.3. The van der Waals surface area contributed by atoms with Crippen LogP contribution in [0.3, 0.4) is 0 Å². The highest BCUT2D eigenvalue weighted by Gasteiger charge is 2.12. The molecule has 0 saturated carbocycles. The van der Waals surface area contributed by atoms with Gasteiger partial charge in [0.25, 0.3) is 0 Å². The Hall–Kier alpha value is -1.80. The van der Waals surface area contributed by atoms with E-state index in [4.69, 9.17) is 11.6 Å². The summed E-state index contributed by atoms with van der Waals surface area (Å²) in [5.74, 6) is -0.963. The Kier molecular flexibility index (Phi) is 4.23. The van der Waals surface area contributed by atoms with Gasteiger partial charge >= 0.3 is 5.97 Å². The lowest BCUT2D eigenvalue weighted by atomic mass is 9.98. The third-order valence-corrected chi connectivity index (χ3v) is 3.25. The quantitative estimate of drug-likeness (QED) is 0.880. The predicted octanol–water partition coefficient (Wildman–Crippen LogP) is 4.66. The first-order chi connectivity index (χ1) is 9.11. The van der Waals surface area contributed by atoms with Crippen LogP contribution < -0.4 is 0 Å². The van der Waals surface area contributed by atoms with E-state index in [-0.39, 0.29) is 5.56 Å². The Morgan fingerprint density at radius 3 is 2.42 bits per heavy atom. The van der Waals surface area contributed by atoms with Crippen LogP contribution in [-0.4, -0.2) is 11.1 Å². The lowest BCUT2D eigenvalue weighted by molar-refractivity contribution is 0.0697. The molecule has 0 amide bonds. The summed E-state index contributed by atoms with van der Waals surface area (Å²) in [6.07, 6.45) is 2.13. The zero-order valence-electron chi connectivity index (χ0n) is 10.7. The van der Waals surface area contributed by atoms with Crippen molar-refractivity contribution in [1.82, 2.24) is 0 Å². The molecule has 0 bridgehead atoms. The normalized spacial score (nSPS) is 10.4. The molecule has 98 valence electrons. The molecule has 0 unspecified atom stereocenters. The Bertz CT molecular complexity index is 588. The number of hydrogen-bond donors (Lipinski definition) is 1. The molecular formula is C16H15ClO2. The van der Waals surface area contributed by atoms with E-state index in [0.717, 1.165) is 18.4 Å².